The molecule has 188 valence electrons. The van der Waals surface area contributed by atoms with E-state index >= 15 is 0 Å². The fraction of sp³-hybridized carbons (Fsp3) is 0. The molecule has 0 aliphatic carbocycles. The molecule has 5 aromatic carbocycles. The molecule has 0 bridgehead atoms. The van der Waals surface area contributed by atoms with Crippen LogP contribution in [0.3, 0.4) is 0 Å². The standard InChI is InChI=1S/C35H22N4S/c1-3-9-24(10-4-1)33-36-34(25-11-5-2-6-12-25)38-35(37-33)26-15-18-27(19-16-26)39-29-14-8-7-13-28(29)31-30(39)20-17-23-21-22-40-32(23)31/h1-22H. The number of thiophene rings is 1. The second-order valence-corrected chi connectivity index (χ2v) is 10.7. The number of hydrogen-bond acceptors (Lipinski definition) is 4. The first-order valence-electron chi connectivity index (χ1n) is 13.2. The van der Waals surface area contributed by atoms with Crippen LogP contribution in [0.5, 0.6) is 0 Å². The van der Waals surface area contributed by atoms with Gasteiger partial charge in [0.15, 0.2) is 17.5 Å². The van der Waals surface area contributed by atoms with Crippen molar-refractivity contribution in [2.45, 2.75) is 0 Å². The Morgan fingerprint density at radius 2 is 1.05 bits per heavy atom. The number of nitrogens with zero attached hydrogens (tertiary/aromatic N) is 4. The van der Waals surface area contributed by atoms with E-state index in [-0.39, 0.29) is 0 Å². The molecular weight excluding hydrogens is 508 g/mol. The number of hydrogen-bond donors (Lipinski definition) is 0. The van der Waals surface area contributed by atoms with Gasteiger partial charge in [-0.1, -0.05) is 84.9 Å². The van der Waals surface area contributed by atoms with Crippen molar-refractivity contribution in [3.05, 3.63) is 133 Å². The molecule has 0 fully saturated rings. The zero-order valence-corrected chi connectivity index (χ0v) is 22.2. The van der Waals surface area contributed by atoms with Crippen LogP contribution in [0.2, 0.25) is 0 Å². The Morgan fingerprint density at radius 1 is 0.475 bits per heavy atom. The molecule has 8 rings (SSSR count). The lowest BCUT2D eigenvalue weighted by molar-refractivity contribution is 1.07. The summed E-state index contributed by atoms with van der Waals surface area (Å²) in [6, 6.07) is 44.0. The SMILES string of the molecule is c1ccc(-c2nc(-c3ccccc3)nc(-c3ccc(-n4c5ccccc5c5c6sccc6ccc54)cc3)n2)cc1. The Balaban J connectivity index is 1.28. The first-order valence-corrected chi connectivity index (χ1v) is 14.1. The third-order valence-electron chi connectivity index (χ3n) is 7.34. The molecule has 0 aliphatic rings. The van der Waals surface area contributed by atoms with E-state index in [4.69, 9.17) is 15.0 Å². The zero-order chi connectivity index (χ0) is 26.5. The van der Waals surface area contributed by atoms with Gasteiger partial charge >= 0.3 is 0 Å². The lowest BCUT2D eigenvalue weighted by atomic mass is 10.1. The summed E-state index contributed by atoms with van der Waals surface area (Å²) >= 11 is 1.80. The van der Waals surface area contributed by atoms with Gasteiger partial charge in [-0.25, -0.2) is 15.0 Å². The third kappa shape index (κ3) is 3.71. The minimum atomic E-state index is 0.654. The highest BCUT2D eigenvalue weighted by atomic mass is 32.1. The number of para-hydroxylation sites is 1. The Hall–Kier alpha value is -5.13. The summed E-state index contributed by atoms with van der Waals surface area (Å²) in [7, 11) is 0. The maximum Gasteiger partial charge on any atom is 0.164 e. The van der Waals surface area contributed by atoms with Crippen molar-refractivity contribution in [2.75, 3.05) is 0 Å². The van der Waals surface area contributed by atoms with Crippen LogP contribution in [-0.2, 0) is 0 Å². The van der Waals surface area contributed by atoms with Crippen molar-refractivity contribution in [3.63, 3.8) is 0 Å². The molecule has 0 N–H and O–H groups in total. The first-order chi connectivity index (χ1) is 19.8. The van der Waals surface area contributed by atoms with Gasteiger partial charge in [0.2, 0.25) is 0 Å². The smallest absolute Gasteiger partial charge is 0.164 e. The maximum atomic E-state index is 4.89. The quantitative estimate of drug-likeness (QED) is 0.228. The van der Waals surface area contributed by atoms with Crippen LogP contribution in [-0.4, -0.2) is 19.5 Å². The molecule has 0 spiro atoms. The van der Waals surface area contributed by atoms with Gasteiger partial charge in [0.1, 0.15) is 0 Å². The summed E-state index contributed by atoms with van der Waals surface area (Å²) in [6.07, 6.45) is 0. The monoisotopic (exact) mass is 530 g/mol. The first kappa shape index (κ1) is 22.8. The Kier molecular flexibility index (Phi) is 5.28. The van der Waals surface area contributed by atoms with Crippen LogP contribution in [0, 0.1) is 0 Å². The number of aromatic nitrogens is 4. The van der Waals surface area contributed by atoms with Gasteiger partial charge in [-0.15, -0.1) is 11.3 Å². The van der Waals surface area contributed by atoms with E-state index < -0.39 is 0 Å². The second kappa shape index (κ2) is 9.26. The van der Waals surface area contributed by atoms with Crippen molar-refractivity contribution >= 4 is 43.2 Å². The van der Waals surface area contributed by atoms with Crippen molar-refractivity contribution in [2.24, 2.45) is 0 Å². The molecule has 0 unspecified atom stereocenters. The average molecular weight is 531 g/mol. The number of benzene rings is 5. The van der Waals surface area contributed by atoms with E-state index in [0.717, 1.165) is 22.4 Å². The summed E-state index contributed by atoms with van der Waals surface area (Å²) in [6.45, 7) is 0. The van der Waals surface area contributed by atoms with Crippen LogP contribution in [0.4, 0.5) is 0 Å². The van der Waals surface area contributed by atoms with E-state index in [1.165, 1.54) is 31.9 Å². The van der Waals surface area contributed by atoms with E-state index in [0.29, 0.717) is 17.5 Å². The van der Waals surface area contributed by atoms with Crippen LogP contribution < -0.4 is 0 Å². The summed E-state index contributed by atoms with van der Waals surface area (Å²) in [4.78, 5) is 14.6. The molecule has 0 radical (unpaired) electrons. The predicted molar refractivity (Wildman–Crippen MR) is 166 cm³/mol. The molecule has 40 heavy (non-hydrogen) atoms. The molecule has 0 saturated heterocycles. The lowest BCUT2D eigenvalue weighted by Crippen LogP contribution is -2.00. The minimum absolute atomic E-state index is 0.654. The average Bonchev–Trinajstić information content (AvgIpc) is 3.64. The van der Waals surface area contributed by atoms with Gasteiger partial charge in [0, 0.05) is 37.9 Å². The van der Waals surface area contributed by atoms with Gasteiger partial charge in [-0.2, -0.15) is 0 Å². The van der Waals surface area contributed by atoms with E-state index in [1.807, 2.05) is 60.7 Å². The summed E-state index contributed by atoms with van der Waals surface area (Å²) < 4.78 is 3.68. The summed E-state index contributed by atoms with van der Waals surface area (Å²) in [5.41, 5.74) is 6.38. The third-order valence-corrected chi connectivity index (χ3v) is 8.29. The molecule has 0 saturated carbocycles. The topological polar surface area (TPSA) is 43.6 Å². The normalized spacial score (nSPS) is 11.5. The van der Waals surface area contributed by atoms with Crippen molar-refractivity contribution < 1.29 is 0 Å². The highest BCUT2D eigenvalue weighted by molar-refractivity contribution is 7.18. The fourth-order valence-electron chi connectivity index (χ4n) is 5.45. The molecule has 3 heterocycles. The van der Waals surface area contributed by atoms with Crippen LogP contribution >= 0.6 is 11.3 Å². The van der Waals surface area contributed by atoms with Crippen LogP contribution in [0.15, 0.2) is 133 Å². The van der Waals surface area contributed by atoms with Gasteiger partial charge < -0.3 is 4.57 Å². The fourth-order valence-corrected chi connectivity index (χ4v) is 6.41. The summed E-state index contributed by atoms with van der Waals surface area (Å²) in [5.74, 6) is 1.98. The Morgan fingerprint density at radius 3 is 1.70 bits per heavy atom. The van der Waals surface area contributed by atoms with Gasteiger partial charge in [0.25, 0.3) is 0 Å². The second-order valence-electron chi connectivity index (χ2n) is 9.74. The van der Waals surface area contributed by atoms with Crippen molar-refractivity contribution in [1.82, 2.24) is 19.5 Å². The molecule has 0 atom stereocenters. The van der Waals surface area contributed by atoms with Crippen LogP contribution in [0.1, 0.15) is 0 Å². The van der Waals surface area contributed by atoms with Gasteiger partial charge in [0.05, 0.1) is 11.0 Å². The molecular formula is C35H22N4S. The largest absolute Gasteiger partial charge is 0.309 e. The molecule has 3 aromatic heterocycles. The van der Waals surface area contributed by atoms with Crippen LogP contribution in [0.25, 0.3) is 71.7 Å². The summed E-state index contributed by atoms with van der Waals surface area (Å²) in [5, 5.41) is 6.04. The molecule has 0 aliphatic heterocycles. The van der Waals surface area contributed by atoms with Crippen molar-refractivity contribution in [3.8, 4) is 39.9 Å². The lowest BCUT2D eigenvalue weighted by Gasteiger charge is -2.11. The van der Waals surface area contributed by atoms with E-state index in [9.17, 15) is 0 Å². The Bertz CT molecular complexity index is 2090. The van der Waals surface area contributed by atoms with Crippen molar-refractivity contribution in [1.29, 1.82) is 0 Å². The molecule has 5 heteroatoms. The zero-order valence-electron chi connectivity index (χ0n) is 21.4. The highest BCUT2D eigenvalue weighted by Gasteiger charge is 2.16. The van der Waals surface area contributed by atoms with E-state index in [2.05, 4.69) is 76.7 Å². The molecule has 4 nitrogen and oxygen atoms in total. The highest BCUT2D eigenvalue weighted by Crippen LogP contribution is 2.39. The molecule has 8 aromatic rings. The number of fused-ring (bicyclic) bond motifs is 5. The van der Waals surface area contributed by atoms with Gasteiger partial charge in [-0.3, -0.25) is 0 Å². The maximum absolute atomic E-state index is 4.89. The molecule has 0 amide bonds. The number of rotatable bonds is 4. The van der Waals surface area contributed by atoms with Gasteiger partial charge in [-0.05, 0) is 53.2 Å². The minimum Gasteiger partial charge on any atom is -0.309 e. The van der Waals surface area contributed by atoms with E-state index in [1.54, 1.807) is 11.3 Å². The predicted octanol–water partition coefficient (Wildman–Crippen LogP) is 9.18. The Labute approximate surface area is 234 Å².